The Labute approximate surface area is 119 Å². The van der Waals surface area contributed by atoms with Crippen LogP contribution in [0.15, 0.2) is 18.2 Å². The minimum atomic E-state index is -3.35. The highest BCUT2D eigenvalue weighted by Crippen LogP contribution is 2.20. The van der Waals surface area contributed by atoms with Gasteiger partial charge in [0, 0.05) is 6.54 Å². The molecule has 0 fully saturated rings. The number of sulfonamides is 1. The lowest BCUT2D eigenvalue weighted by atomic mass is 10.1. The van der Waals surface area contributed by atoms with Crippen LogP contribution < -0.4 is 9.46 Å². The molecule has 20 heavy (non-hydrogen) atoms. The van der Waals surface area contributed by atoms with Crippen molar-refractivity contribution in [3.05, 3.63) is 29.3 Å². The Hall–Kier alpha value is -1.60. The molecule has 7 heteroatoms. The van der Waals surface area contributed by atoms with Crippen LogP contribution in [0.4, 0.5) is 0 Å². The van der Waals surface area contributed by atoms with Gasteiger partial charge in [-0.3, -0.25) is 0 Å². The maximum absolute atomic E-state index is 11.7. The molecule has 0 saturated heterocycles. The van der Waals surface area contributed by atoms with E-state index in [0.717, 1.165) is 0 Å². The van der Waals surface area contributed by atoms with Crippen LogP contribution in [0, 0.1) is 0 Å². The maximum atomic E-state index is 11.7. The monoisotopic (exact) mass is 301 g/mol. The van der Waals surface area contributed by atoms with Crippen LogP contribution in [-0.4, -0.2) is 33.9 Å². The molecular formula is C13H19NO5S. The summed E-state index contributed by atoms with van der Waals surface area (Å²) in [5, 5.41) is -0.513. The van der Waals surface area contributed by atoms with Crippen molar-refractivity contribution in [3.8, 4) is 5.75 Å². The van der Waals surface area contributed by atoms with Gasteiger partial charge in [-0.25, -0.2) is 17.9 Å². The van der Waals surface area contributed by atoms with E-state index in [-0.39, 0.29) is 12.1 Å². The summed E-state index contributed by atoms with van der Waals surface area (Å²) in [6.45, 7) is 3.29. The number of hydrogen-bond acceptors (Lipinski definition) is 5. The predicted molar refractivity (Wildman–Crippen MR) is 75.2 cm³/mol. The Morgan fingerprint density at radius 1 is 1.30 bits per heavy atom. The molecule has 0 aliphatic rings. The lowest BCUT2D eigenvalue weighted by Crippen LogP contribution is -2.30. The van der Waals surface area contributed by atoms with Crippen LogP contribution in [0.3, 0.4) is 0 Å². The number of rotatable bonds is 6. The Kier molecular flexibility index (Phi) is 5.52. The summed E-state index contributed by atoms with van der Waals surface area (Å²) in [6, 6.07) is 4.84. The first kappa shape index (κ1) is 16.5. The van der Waals surface area contributed by atoms with E-state index < -0.39 is 21.2 Å². The van der Waals surface area contributed by atoms with E-state index in [0.29, 0.717) is 11.3 Å². The van der Waals surface area contributed by atoms with Crippen LogP contribution >= 0.6 is 0 Å². The van der Waals surface area contributed by atoms with Gasteiger partial charge in [0.1, 0.15) is 11.3 Å². The molecule has 0 saturated carbocycles. The first-order valence-electron chi connectivity index (χ1n) is 6.05. The summed E-state index contributed by atoms with van der Waals surface area (Å²) in [4.78, 5) is 11.6. The second-order valence-corrected chi connectivity index (χ2v) is 6.76. The Morgan fingerprint density at radius 2 is 1.95 bits per heavy atom. The van der Waals surface area contributed by atoms with Crippen LogP contribution in [0.25, 0.3) is 0 Å². The lowest BCUT2D eigenvalue weighted by Gasteiger charge is -2.11. The van der Waals surface area contributed by atoms with Gasteiger partial charge in [-0.2, -0.15) is 0 Å². The number of carbonyl (C=O) groups is 1. The van der Waals surface area contributed by atoms with Crippen molar-refractivity contribution >= 4 is 16.0 Å². The van der Waals surface area contributed by atoms with E-state index in [2.05, 4.69) is 9.46 Å². The van der Waals surface area contributed by atoms with Gasteiger partial charge >= 0.3 is 5.97 Å². The van der Waals surface area contributed by atoms with E-state index in [1.54, 1.807) is 32.0 Å². The summed E-state index contributed by atoms with van der Waals surface area (Å²) >= 11 is 0. The van der Waals surface area contributed by atoms with Crippen molar-refractivity contribution in [2.75, 3.05) is 14.2 Å². The molecule has 0 bridgehead atoms. The topological polar surface area (TPSA) is 81.7 Å². The van der Waals surface area contributed by atoms with Crippen molar-refractivity contribution in [1.82, 2.24) is 4.72 Å². The van der Waals surface area contributed by atoms with Crippen molar-refractivity contribution in [2.45, 2.75) is 25.6 Å². The van der Waals surface area contributed by atoms with Crippen LogP contribution in [0.2, 0.25) is 0 Å². The average Bonchev–Trinajstić information content (AvgIpc) is 2.43. The molecule has 1 N–H and O–H groups in total. The summed E-state index contributed by atoms with van der Waals surface area (Å²) in [5.41, 5.74) is 0.909. The van der Waals surface area contributed by atoms with Gasteiger partial charge < -0.3 is 9.47 Å². The normalized spacial score (nSPS) is 11.4. The third kappa shape index (κ3) is 3.94. The van der Waals surface area contributed by atoms with Crippen LogP contribution in [0.5, 0.6) is 5.75 Å². The SMILES string of the molecule is COC(=O)c1cc(CNS(=O)(=O)C(C)C)ccc1OC. The minimum absolute atomic E-state index is 0.106. The Morgan fingerprint density at radius 3 is 2.45 bits per heavy atom. The van der Waals surface area contributed by atoms with Gasteiger partial charge in [0.05, 0.1) is 19.5 Å². The molecule has 0 aliphatic heterocycles. The van der Waals surface area contributed by atoms with Gasteiger partial charge in [-0.05, 0) is 31.5 Å². The Balaban J connectivity index is 2.96. The fourth-order valence-corrected chi connectivity index (χ4v) is 2.19. The number of methoxy groups -OCH3 is 2. The fraction of sp³-hybridized carbons (Fsp3) is 0.462. The molecule has 0 amide bonds. The van der Waals surface area contributed by atoms with E-state index in [1.807, 2.05) is 0 Å². The summed E-state index contributed by atoms with van der Waals surface area (Å²) in [6.07, 6.45) is 0. The van der Waals surface area contributed by atoms with Crippen LogP contribution in [-0.2, 0) is 21.3 Å². The number of nitrogens with one attached hydrogen (secondary N) is 1. The second-order valence-electron chi connectivity index (χ2n) is 4.44. The fourth-order valence-electron chi connectivity index (χ4n) is 1.49. The zero-order valence-corrected chi connectivity index (χ0v) is 12.8. The first-order chi connectivity index (χ1) is 9.31. The molecule has 0 unspecified atom stereocenters. The molecule has 1 aromatic rings. The number of esters is 1. The molecule has 0 atom stereocenters. The molecule has 0 radical (unpaired) electrons. The molecule has 1 rings (SSSR count). The molecule has 0 aromatic heterocycles. The largest absolute Gasteiger partial charge is 0.496 e. The van der Waals surface area contributed by atoms with Crippen molar-refractivity contribution < 1.29 is 22.7 Å². The maximum Gasteiger partial charge on any atom is 0.341 e. The summed E-state index contributed by atoms with van der Waals surface area (Å²) in [5.74, 6) is -0.150. The summed E-state index contributed by atoms with van der Waals surface area (Å²) < 4.78 is 35.6. The lowest BCUT2D eigenvalue weighted by molar-refractivity contribution is 0.0597. The van der Waals surface area contributed by atoms with Crippen molar-refractivity contribution in [1.29, 1.82) is 0 Å². The standard InChI is InChI=1S/C13H19NO5S/c1-9(2)20(16,17)14-8-10-5-6-12(18-3)11(7-10)13(15)19-4/h5-7,9,14H,8H2,1-4H3. The summed E-state index contributed by atoms with van der Waals surface area (Å²) in [7, 11) is -0.627. The van der Waals surface area contributed by atoms with E-state index >= 15 is 0 Å². The molecule has 0 heterocycles. The zero-order chi connectivity index (χ0) is 15.3. The van der Waals surface area contributed by atoms with Crippen LogP contribution in [0.1, 0.15) is 29.8 Å². The average molecular weight is 301 g/mol. The highest BCUT2D eigenvalue weighted by Gasteiger charge is 2.17. The molecule has 0 spiro atoms. The smallest absolute Gasteiger partial charge is 0.341 e. The molecular weight excluding hydrogens is 282 g/mol. The number of benzene rings is 1. The number of ether oxygens (including phenoxy) is 2. The molecule has 6 nitrogen and oxygen atoms in total. The zero-order valence-electron chi connectivity index (χ0n) is 12.0. The van der Waals surface area contributed by atoms with Gasteiger partial charge in [0.15, 0.2) is 0 Å². The van der Waals surface area contributed by atoms with Gasteiger partial charge in [-0.1, -0.05) is 6.07 Å². The predicted octanol–water partition coefficient (Wildman–Crippen LogP) is 1.31. The number of carbonyl (C=O) groups excluding carboxylic acids is 1. The molecule has 1 aromatic carbocycles. The van der Waals surface area contributed by atoms with Crippen molar-refractivity contribution in [3.63, 3.8) is 0 Å². The van der Waals surface area contributed by atoms with Gasteiger partial charge in [0.2, 0.25) is 10.0 Å². The Bertz CT molecular complexity index is 580. The van der Waals surface area contributed by atoms with E-state index in [9.17, 15) is 13.2 Å². The van der Waals surface area contributed by atoms with Gasteiger partial charge in [-0.15, -0.1) is 0 Å². The first-order valence-corrected chi connectivity index (χ1v) is 7.60. The highest BCUT2D eigenvalue weighted by molar-refractivity contribution is 7.90. The third-order valence-electron chi connectivity index (χ3n) is 2.77. The highest BCUT2D eigenvalue weighted by atomic mass is 32.2. The van der Waals surface area contributed by atoms with Gasteiger partial charge in [0.25, 0.3) is 0 Å². The third-order valence-corrected chi connectivity index (χ3v) is 4.56. The number of hydrogen-bond donors (Lipinski definition) is 1. The minimum Gasteiger partial charge on any atom is -0.496 e. The van der Waals surface area contributed by atoms with Crippen molar-refractivity contribution in [2.24, 2.45) is 0 Å². The second kappa shape index (κ2) is 6.71. The van der Waals surface area contributed by atoms with E-state index in [1.165, 1.54) is 14.2 Å². The molecule has 0 aliphatic carbocycles. The molecule has 112 valence electrons. The van der Waals surface area contributed by atoms with E-state index in [4.69, 9.17) is 4.74 Å². The quantitative estimate of drug-likeness (QED) is 0.801.